The maximum atomic E-state index is 13.1. The molecule has 1 N–H and O–H groups in total. The van der Waals surface area contributed by atoms with Crippen LogP contribution in [0.3, 0.4) is 0 Å². The van der Waals surface area contributed by atoms with Gasteiger partial charge in [0, 0.05) is 14.9 Å². The third-order valence-electron chi connectivity index (χ3n) is 2.56. The van der Waals surface area contributed by atoms with E-state index in [0.29, 0.717) is 11.3 Å². The van der Waals surface area contributed by atoms with Gasteiger partial charge in [0.05, 0.1) is 11.3 Å². The molecule has 2 aromatic rings. The molecule has 0 aliphatic heterocycles. The Balaban J connectivity index is 2.28. The number of carbonyl (C=O) groups is 1. The van der Waals surface area contributed by atoms with Crippen molar-refractivity contribution in [1.29, 1.82) is 5.26 Å². The summed E-state index contributed by atoms with van der Waals surface area (Å²) in [6.07, 6.45) is 0. The van der Waals surface area contributed by atoms with Crippen molar-refractivity contribution in [2.75, 3.05) is 5.32 Å². The van der Waals surface area contributed by atoms with Crippen LogP contribution >= 0.6 is 28.6 Å². The minimum absolute atomic E-state index is 0.0916. The van der Waals surface area contributed by atoms with Gasteiger partial charge < -0.3 is 5.32 Å². The number of hydrogen-bond donors (Lipinski definition) is 2. The summed E-state index contributed by atoms with van der Waals surface area (Å²) in [7, 11) is 0. The molecule has 0 saturated carbocycles. The number of anilines is 1. The van der Waals surface area contributed by atoms with Crippen LogP contribution in [0.5, 0.6) is 0 Å². The van der Waals surface area contributed by atoms with E-state index in [1.165, 1.54) is 18.2 Å². The molecule has 2 aromatic carbocycles. The van der Waals surface area contributed by atoms with E-state index in [-0.39, 0.29) is 10.5 Å². The second kappa shape index (κ2) is 6.07. The van der Waals surface area contributed by atoms with Gasteiger partial charge >= 0.3 is 0 Å². The van der Waals surface area contributed by atoms with Crippen molar-refractivity contribution in [3.8, 4) is 6.07 Å². The SMILES string of the molecule is N#Cc1cc(Br)ccc1NC(=O)c1ccc(F)c(S)c1. The summed E-state index contributed by atoms with van der Waals surface area (Å²) in [5, 5.41) is 11.6. The normalized spacial score (nSPS) is 9.90. The highest BCUT2D eigenvalue weighted by molar-refractivity contribution is 9.10. The predicted octanol–water partition coefficient (Wildman–Crippen LogP) is 4.00. The zero-order valence-electron chi connectivity index (χ0n) is 10.0. The molecule has 3 nitrogen and oxygen atoms in total. The molecule has 1 amide bonds. The van der Waals surface area contributed by atoms with Crippen LogP contribution in [0.2, 0.25) is 0 Å². The first-order valence-electron chi connectivity index (χ1n) is 5.51. The highest BCUT2D eigenvalue weighted by atomic mass is 79.9. The Bertz CT molecular complexity index is 728. The third-order valence-corrected chi connectivity index (χ3v) is 3.39. The lowest BCUT2D eigenvalue weighted by Crippen LogP contribution is -2.13. The number of hydrogen-bond acceptors (Lipinski definition) is 3. The first-order valence-corrected chi connectivity index (χ1v) is 6.75. The molecule has 0 aromatic heterocycles. The van der Waals surface area contributed by atoms with Gasteiger partial charge in [-0.1, -0.05) is 15.9 Å². The second-order valence-corrected chi connectivity index (χ2v) is 5.32. The van der Waals surface area contributed by atoms with Crippen molar-refractivity contribution < 1.29 is 9.18 Å². The molecule has 6 heteroatoms. The number of halogens is 2. The van der Waals surface area contributed by atoms with Crippen LogP contribution in [0.1, 0.15) is 15.9 Å². The van der Waals surface area contributed by atoms with Gasteiger partial charge in [-0.3, -0.25) is 4.79 Å². The number of amides is 1. The fourth-order valence-electron chi connectivity index (χ4n) is 1.57. The number of nitrogens with zero attached hydrogens (tertiary/aromatic N) is 1. The molecule has 0 saturated heterocycles. The minimum atomic E-state index is -0.494. The van der Waals surface area contributed by atoms with Gasteiger partial charge in [-0.25, -0.2) is 4.39 Å². The Labute approximate surface area is 129 Å². The Hall–Kier alpha value is -1.84. The number of carbonyl (C=O) groups excluding carboxylic acids is 1. The lowest BCUT2D eigenvalue weighted by Gasteiger charge is -2.08. The first kappa shape index (κ1) is 14.6. The van der Waals surface area contributed by atoms with Crippen LogP contribution in [0.4, 0.5) is 10.1 Å². The monoisotopic (exact) mass is 350 g/mol. The van der Waals surface area contributed by atoms with Gasteiger partial charge in [-0.2, -0.15) is 5.26 Å². The van der Waals surface area contributed by atoms with Gasteiger partial charge in [0.25, 0.3) is 5.91 Å². The number of benzene rings is 2. The molecule has 0 heterocycles. The van der Waals surface area contributed by atoms with Crippen LogP contribution in [-0.2, 0) is 0 Å². The van der Waals surface area contributed by atoms with Crippen LogP contribution < -0.4 is 5.32 Å². The Kier molecular flexibility index (Phi) is 4.42. The van der Waals surface area contributed by atoms with Gasteiger partial charge in [0.2, 0.25) is 0 Å². The molecule has 20 heavy (non-hydrogen) atoms. The van der Waals surface area contributed by atoms with E-state index in [1.807, 2.05) is 6.07 Å². The summed E-state index contributed by atoms with van der Waals surface area (Å²) in [4.78, 5) is 12.1. The minimum Gasteiger partial charge on any atom is -0.321 e. The van der Waals surface area contributed by atoms with Crippen molar-refractivity contribution in [3.63, 3.8) is 0 Å². The summed E-state index contributed by atoms with van der Waals surface area (Å²) in [6.45, 7) is 0. The van der Waals surface area contributed by atoms with E-state index in [1.54, 1.807) is 18.2 Å². The summed E-state index contributed by atoms with van der Waals surface area (Å²) in [5.41, 5.74) is 0.995. The largest absolute Gasteiger partial charge is 0.321 e. The van der Waals surface area contributed by atoms with Gasteiger partial charge in [0.1, 0.15) is 11.9 Å². The maximum Gasteiger partial charge on any atom is 0.255 e. The fraction of sp³-hybridized carbons (Fsp3) is 0. The molecular weight excluding hydrogens is 343 g/mol. The number of nitrogens with one attached hydrogen (secondary N) is 1. The van der Waals surface area contributed by atoms with Crippen LogP contribution in [0, 0.1) is 17.1 Å². The molecule has 0 unspecified atom stereocenters. The van der Waals surface area contributed by atoms with Crippen LogP contribution in [0.15, 0.2) is 45.8 Å². The van der Waals surface area contributed by atoms with E-state index in [4.69, 9.17) is 5.26 Å². The first-order chi connectivity index (χ1) is 9.51. The van der Waals surface area contributed by atoms with Crippen molar-refractivity contribution in [2.45, 2.75) is 4.90 Å². The van der Waals surface area contributed by atoms with Gasteiger partial charge in [-0.05, 0) is 36.4 Å². The molecule has 0 aliphatic carbocycles. The van der Waals surface area contributed by atoms with E-state index in [2.05, 4.69) is 33.9 Å². The van der Waals surface area contributed by atoms with Crippen molar-refractivity contribution in [2.24, 2.45) is 0 Å². The highest BCUT2D eigenvalue weighted by Gasteiger charge is 2.11. The average Bonchev–Trinajstić information content (AvgIpc) is 2.43. The van der Waals surface area contributed by atoms with Crippen molar-refractivity contribution in [1.82, 2.24) is 0 Å². The van der Waals surface area contributed by atoms with E-state index in [9.17, 15) is 9.18 Å². The molecule has 0 radical (unpaired) electrons. The van der Waals surface area contributed by atoms with Gasteiger partial charge in [0.15, 0.2) is 0 Å². The lowest BCUT2D eigenvalue weighted by atomic mass is 10.1. The predicted molar refractivity (Wildman–Crippen MR) is 80.5 cm³/mol. The zero-order chi connectivity index (χ0) is 14.7. The molecule has 100 valence electrons. The summed E-state index contributed by atoms with van der Waals surface area (Å²) >= 11 is 7.18. The Morgan fingerprint density at radius 3 is 2.70 bits per heavy atom. The molecular formula is C14H8BrFN2OS. The van der Waals surface area contributed by atoms with E-state index in [0.717, 1.165) is 4.47 Å². The smallest absolute Gasteiger partial charge is 0.255 e. The standard InChI is InChI=1S/C14H8BrFN2OS/c15-10-2-4-12(9(5-10)7-17)18-14(19)8-1-3-11(16)13(20)6-8/h1-6,20H,(H,18,19). The van der Waals surface area contributed by atoms with Crippen molar-refractivity contribution >= 4 is 40.2 Å². The molecule has 0 spiro atoms. The summed E-state index contributed by atoms with van der Waals surface area (Å²) in [5.74, 6) is -0.926. The van der Waals surface area contributed by atoms with Gasteiger partial charge in [-0.15, -0.1) is 12.6 Å². The molecule has 0 aliphatic rings. The Morgan fingerprint density at radius 2 is 2.05 bits per heavy atom. The third kappa shape index (κ3) is 3.18. The topological polar surface area (TPSA) is 52.9 Å². The number of nitriles is 1. The quantitative estimate of drug-likeness (QED) is 0.804. The van der Waals surface area contributed by atoms with Crippen molar-refractivity contribution in [3.05, 3.63) is 57.8 Å². The molecule has 0 fully saturated rings. The fourth-order valence-corrected chi connectivity index (χ4v) is 2.14. The second-order valence-electron chi connectivity index (χ2n) is 3.92. The summed E-state index contributed by atoms with van der Waals surface area (Å²) in [6, 6.07) is 10.8. The highest BCUT2D eigenvalue weighted by Crippen LogP contribution is 2.21. The van der Waals surface area contributed by atoms with E-state index >= 15 is 0 Å². The molecule has 0 atom stereocenters. The molecule has 2 rings (SSSR count). The Morgan fingerprint density at radius 1 is 1.30 bits per heavy atom. The maximum absolute atomic E-state index is 13.1. The van der Waals surface area contributed by atoms with Crippen LogP contribution in [0.25, 0.3) is 0 Å². The molecule has 0 bridgehead atoms. The average molecular weight is 351 g/mol. The van der Waals surface area contributed by atoms with E-state index < -0.39 is 11.7 Å². The number of rotatable bonds is 2. The lowest BCUT2D eigenvalue weighted by molar-refractivity contribution is 0.102. The zero-order valence-corrected chi connectivity index (χ0v) is 12.5. The summed E-state index contributed by atoms with van der Waals surface area (Å²) < 4.78 is 13.8. The number of thiol groups is 1. The van der Waals surface area contributed by atoms with Crippen LogP contribution in [-0.4, -0.2) is 5.91 Å².